The van der Waals surface area contributed by atoms with Crippen LogP contribution in [0.3, 0.4) is 0 Å². The van der Waals surface area contributed by atoms with Crippen molar-refractivity contribution in [2.24, 2.45) is 5.92 Å². The van der Waals surface area contributed by atoms with E-state index in [1.807, 2.05) is 0 Å². The molecule has 0 aliphatic heterocycles. The van der Waals surface area contributed by atoms with Gasteiger partial charge in [-0.3, -0.25) is 0 Å². The van der Waals surface area contributed by atoms with Crippen LogP contribution < -0.4 is 5.32 Å². The summed E-state index contributed by atoms with van der Waals surface area (Å²) in [6, 6.07) is 5.17. The minimum Gasteiger partial charge on any atom is -0.309 e. The predicted molar refractivity (Wildman–Crippen MR) is 70.1 cm³/mol. The van der Waals surface area contributed by atoms with Gasteiger partial charge < -0.3 is 5.32 Å². The topological polar surface area (TPSA) is 12.0 Å². The number of benzene rings is 1. The van der Waals surface area contributed by atoms with Gasteiger partial charge in [-0.15, -0.1) is 11.6 Å². The normalized spacial score (nSPS) is 24.2. The Bertz CT molecular complexity index is 363. The van der Waals surface area contributed by atoms with Crippen molar-refractivity contribution in [3.63, 3.8) is 0 Å². The zero-order valence-corrected chi connectivity index (χ0v) is 11.1. The van der Waals surface area contributed by atoms with Crippen LogP contribution in [0.15, 0.2) is 18.2 Å². The predicted octanol–water partition coefficient (Wildman–Crippen LogP) is 3.98. The van der Waals surface area contributed by atoms with Gasteiger partial charge in [0.25, 0.3) is 0 Å². The van der Waals surface area contributed by atoms with Crippen molar-refractivity contribution in [1.29, 1.82) is 0 Å². The molecule has 1 aromatic carbocycles. The smallest absolute Gasteiger partial charge is 0.129 e. The summed E-state index contributed by atoms with van der Waals surface area (Å²) in [6.07, 6.45) is 3.47. The average molecular weight is 276 g/mol. The molecule has 0 amide bonds. The second-order valence-corrected chi connectivity index (χ2v) is 5.25. The van der Waals surface area contributed by atoms with Gasteiger partial charge in [-0.1, -0.05) is 24.1 Å². The van der Waals surface area contributed by atoms with Crippen LogP contribution in [0.25, 0.3) is 0 Å². The molecule has 1 aliphatic carbocycles. The van der Waals surface area contributed by atoms with Gasteiger partial charge in [0.15, 0.2) is 0 Å². The van der Waals surface area contributed by atoms with Crippen LogP contribution >= 0.6 is 23.2 Å². The quantitative estimate of drug-likeness (QED) is 0.820. The highest BCUT2D eigenvalue weighted by Crippen LogP contribution is 2.27. The van der Waals surface area contributed by atoms with Gasteiger partial charge >= 0.3 is 0 Å². The highest BCUT2D eigenvalue weighted by Gasteiger charge is 2.26. The standard InChI is InChI=1S/C13H16Cl2FN/c14-7-9-3-1-6-13(9)17-8-10-11(15)4-2-5-12(10)16/h2,4-5,9,13,17H,1,3,6-8H2. The molecule has 0 aromatic heterocycles. The molecule has 2 atom stereocenters. The summed E-state index contributed by atoms with van der Waals surface area (Å²) in [6.45, 7) is 0.476. The number of halogens is 3. The third-order valence-corrected chi connectivity index (χ3v) is 4.21. The van der Waals surface area contributed by atoms with Crippen molar-refractivity contribution < 1.29 is 4.39 Å². The van der Waals surface area contributed by atoms with Crippen molar-refractivity contribution in [1.82, 2.24) is 5.32 Å². The summed E-state index contributed by atoms with van der Waals surface area (Å²) in [5, 5.41) is 3.86. The van der Waals surface area contributed by atoms with E-state index in [-0.39, 0.29) is 5.82 Å². The lowest BCUT2D eigenvalue weighted by Crippen LogP contribution is -2.33. The number of hydrogen-bond donors (Lipinski definition) is 1. The SMILES string of the molecule is Fc1cccc(Cl)c1CNC1CCCC1CCl. The van der Waals surface area contributed by atoms with E-state index in [1.54, 1.807) is 12.1 Å². The Labute approximate surface area is 111 Å². The van der Waals surface area contributed by atoms with Crippen LogP contribution in [0, 0.1) is 11.7 Å². The number of nitrogens with one attached hydrogen (secondary N) is 1. The molecule has 1 N–H and O–H groups in total. The fourth-order valence-electron chi connectivity index (χ4n) is 2.42. The lowest BCUT2D eigenvalue weighted by atomic mass is 10.1. The first kappa shape index (κ1) is 13.1. The van der Waals surface area contributed by atoms with E-state index in [9.17, 15) is 4.39 Å². The van der Waals surface area contributed by atoms with Crippen molar-refractivity contribution in [2.75, 3.05) is 5.88 Å². The molecular formula is C13H16Cl2FN. The second-order valence-electron chi connectivity index (χ2n) is 4.53. The molecule has 0 saturated heterocycles. The van der Waals surface area contributed by atoms with Crippen molar-refractivity contribution >= 4 is 23.2 Å². The molecule has 17 heavy (non-hydrogen) atoms. The van der Waals surface area contributed by atoms with E-state index in [1.165, 1.54) is 12.5 Å². The maximum atomic E-state index is 13.6. The molecule has 1 fully saturated rings. The zero-order valence-electron chi connectivity index (χ0n) is 9.56. The van der Waals surface area contributed by atoms with Crippen molar-refractivity contribution in [3.8, 4) is 0 Å². The molecular weight excluding hydrogens is 260 g/mol. The highest BCUT2D eigenvalue weighted by atomic mass is 35.5. The molecule has 2 rings (SSSR count). The van der Waals surface area contributed by atoms with Crippen LogP contribution in [0.1, 0.15) is 24.8 Å². The molecule has 0 radical (unpaired) electrons. The fraction of sp³-hybridized carbons (Fsp3) is 0.538. The van der Waals surface area contributed by atoms with E-state index in [0.29, 0.717) is 35.0 Å². The first-order valence-corrected chi connectivity index (χ1v) is 6.86. The molecule has 4 heteroatoms. The lowest BCUT2D eigenvalue weighted by Gasteiger charge is -2.19. The van der Waals surface area contributed by atoms with Gasteiger partial charge in [-0.2, -0.15) is 0 Å². The zero-order chi connectivity index (χ0) is 12.3. The third-order valence-electron chi connectivity index (χ3n) is 3.46. The maximum absolute atomic E-state index is 13.6. The van der Waals surface area contributed by atoms with E-state index >= 15 is 0 Å². The number of hydrogen-bond acceptors (Lipinski definition) is 1. The summed E-state index contributed by atoms with van der Waals surface area (Å²) in [4.78, 5) is 0. The van der Waals surface area contributed by atoms with Gasteiger partial charge in [0.2, 0.25) is 0 Å². The Hall–Kier alpha value is -0.310. The van der Waals surface area contributed by atoms with Gasteiger partial charge in [0.05, 0.1) is 0 Å². The van der Waals surface area contributed by atoms with Crippen LogP contribution in [0.4, 0.5) is 4.39 Å². The summed E-state index contributed by atoms with van der Waals surface area (Å²) in [5.74, 6) is 0.926. The van der Waals surface area contributed by atoms with E-state index in [2.05, 4.69) is 5.32 Å². The molecule has 2 unspecified atom stereocenters. The summed E-state index contributed by atoms with van der Waals surface area (Å²) in [7, 11) is 0. The first-order chi connectivity index (χ1) is 8.22. The van der Waals surface area contributed by atoms with Crippen LogP contribution in [0.2, 0.25) is 5.02 Å². The molecule has 0 spiro atoms. The Morgan fingerprint density at radius 3 is 2.88 bits per heavy atom. The Morgan fingerprint density at radius 1 is 1.35 bits per heavy atom. The maximum Gasteiger partial charge on any atom is 0.129 e. The average Bonchev–Trinajstić information content (AvgIpc) is 2.76. The Balaban J connectivity index is 1.98. The largest absolute Gasteiger partial charge is 0.309 e. The molecule has 1 aliphatic rings. The van der Waals surface area contributed by atoms with Gasteiger partial charge in [-0.05, 0) is 30.9 Å². The molecule has 0 heterocycles. The van der Waals surface area contributed by atoms with Crippen LogP contribution in [0.5, 0.6) is 0 Å². The molecule has 94 valence electrons. The van der Waals surface area contributed by atoms with Crippen molar-refractivity contribution in [2.45, 2.75) is 31.8 Å². The van der Waals surface area contributed by atoms with E-state index < -0.39 is 0 Å². The van der Waals surface area contributed by atoms with Gasteiger partial charge in [0, 0.05) is 29.1 Å². The van der Waals surface area contributed by atoms with E-state index in [4.69, 9.17) is 23.2 Å². The molecule has 0 bridgehead atoms. The minimum atomic E-state index is -0.245. The third kappa shape index (κ3) is 3.12. The molecule has 1 nitrogen and oxygen atoms in total. The summed E-state index contributed by atoms with van der Waals surface area (Å²) >= 11 is 11.9. The van der Waals surface area contributed by atoms with Crippen LogP contribution in [-0.4, -0.2) is 11.9 Å². The number of rotatable bonds is 4. The molecule has 1 aromatic rings. The second kappa shape index (κ2) is 6.03. The Kier molecular flexibility index (Phi) is 4.66. The monoisotopic (exact) mass is 275 g/mol. The fourth-order valence-corrected chi connectivity index (χ4v) is 3.02. The highest BCUT2D eigenvalue weighted by molar-refractivity contribution is 6.31. The minimum absolute atomic E-state index is 0.245. The number of alkyl halides is 1. The first-order valence-electron chi connectivity index (χ1n) is 5.94. The summed E-state index contributed by atoms with van der Waals surface area (Å²) < 4.78 is 13.6. The Morgan fingerprint density at radius 2 is 2.18 bits per heavy atom. The van der Waals surface area contributed by atoms with Gasteiger partial charge in [0.1, 0.15) is 5.82 Å². The van der Waals surface area contributed by atoms with Crippen LogP contribution in [-0.2, 0) is 6.54 Å². The lowest BCUT2D eigenvalue weighted by molar-refractivity contribution is 0.425. The van der Waals surface area contributed by atoms with Crippen molar-refractivity contribution in [3.05, 3.63) is 34.6 Å². The molecule has 1 saturated carbocycles. The summed E-state index contributed by atoms with van der Waals surface area (Å²) in [5.41, 5.74) is 0.550. The van der Waals surface area contributed by atoms with Gasteiger partial charge in [-0.25, -0.2) is 4.39 Å². The van der Waals surface area contributed by atoms with E-state index in [0.717, 1.165) is 12.8 Å².